The van der Waals surface area contributed by atoms with Crippen molar-refractivity contribution in [2.75, 3.05) is 18.0 Å². The topological polar surface area (TPSA) is 55.0 Å². The minimum absolute atomic E-state index is 0.450. The first-order chi connectivity index (χ1) is 8.76. The van der Waals surface area contributed by atoms with Gasteiger partial charge in [-0.25, -0.2) is 4.98 Å². The third-order valence-electron chi connectivity index (χ3n) is 3.80. The number of halogens is 1. The number of anilines is 1. The van der Waals surface area contributed by atoms with Gasteiger partial charge in [0.15, 0.2) is 0 Å². The lowest BCUT2D eigenvalue weighted by molar-refractivity contribution is 0.299. The van der Waals surface area contributed by atoms with Crippen LogP contribution in [0.15, 0.2) is 12.4 Å². The fraction of sp³-hybridized carbons (Fsp3) is 0.692. The van der Waals surface area contributed by atoms with Gasteiger partial charge in [-0.05, 0) is 32.2 Å². The van der Waals surface area contributed by atoms with E-state index in [0.717, 1.165) is 18.9 Å². The zero-order valence-corrected chi connectivity index (χ0v) is 11.6. The molecule has 5 heteroatoms. The second-order valence-corrected chi connectivity index (χ2v) is 5.22. The third-order valence-corrected chi connectivity index (χ3v) is 3.98. The molecule has 2 rings (SSSR count). The van der Waals surface area contributed by atoms with Crippen LogP contribution in [0.5, 0.6) is 0 Å². The highest BCUT2D eigenvalue weighted by atomic mass is 35.5. The van der Waals surface area contributed by atoms with Gasteiger partial charge >= 0.3 is 0 Å². The number of nitrogens with two attached hydrogens (primary N) is 1. The fourth-order valence-corrected chi connectivity index (χ4v) is 3.05. The Morgan fingerprint density at radius 1 is 1.39 bits per heavy atom. The molecule has 18 heavy (non-hydrogen) atoms. The first-order valence-corrected chi connectivity index (χ1v) is 7.08. The molecule has 2 atom stereocenters. The molecule has 0 aliphatic heterocycles. The van der Waals surface area contributed by atoms with Gasteiger partial charge in [-0.1, -0.05) is 24.4 Å². The van der Waals surface area contributed by atoms with Gasteiger partial charge in [-0.3, -0.25) is 4.98 Å². The van der Waals surface area contributed by atoms with Crippen molar-refractivity contribution in [2.24, 2.45) is 11.7 Å². The van der Waals surface area contributed by atoms with Gasteiger partial charge in [0.05, 0.1) is 12.4 Å². The predicted molar refractivity (Wildman–Crippen MR) is 74.9 cm³/mol. The van der Waals surface area contributed by atoms with E-state index >= 15 is 0 Å². The molecule has 0 spiro atoms. The third kappa shape index (κ3) is 2.93. The zero-order valence-electron chi connectivity index (χ0n) is 10.8. The molecule has 2 unspecified atom stereocenters. The van der Waals surface area contributed by atoms with Gasteiger partial charge < -0.3 is 10.6 Å². The van der Waals surface area contributed by atoms with Crippen molar-refractivity contribution in [1.82, 2.24) is 9.97 Å². The summed E-state index contributed by atoms with van der Waals surface area (Å²) < 4.78 is 0. The molecule has 1 fully saturated rings. The Bertz CT molecular complexity index is 385. The van der Waals surface area contributed by atoms with Crippen LogP contribution in [-0.4, -0.2) is 29.1 Å². The van der Waals surface area contributed by atoms with Crippen molar-refractivity contribution in [1.29, 1.82) is 0 Å². The molecular weight excluding hydrogens is 248 g/mol. The molecule has 4 nitrogen and oxygen atoms in total. The van der Waals surface area contributed by atoms with E-state index in [2.05, 4.69) is 21.8 Å². The first kappa shape index (κ1) is 13.6. The molecule has 1 heterocycles. The minimum Gasteiger partial charge on any atom is -0.352 e. The summed E-state index contributed by atoms with van der Waals surface area (Å²) in [6.45, 7) is 3.80. The molecule has 0 aromatic carbocycles. The van der Waals surface area contributed by atoms with E-state index in [4.69, 9.17) is 17.3 Å². The second kappa shape index (κ2) is 6.34. The summed E-state index contributed by atoms with van der Waals surface area (Å²) >= 11 is 5.93. The molecule has 1 aromatic heterocycles. The van der Waals surface area contributed by atoms with Gasteiger partial charge in [0, 0.05) is 12.6 Å². The minimum atomic E-state index is 0.450. The predicted octanol–water partition coefficient (Wildman–Crippen LogP) is 2.47. The molecule has 0 bridgehead atoms. The Kier molecular flexibility index (Phi) is 4.78. The SMILES string of the molecule is CCN(c1cncc(Cl)n1)C1CCCCC1CN. The number of rotatable bonds is 4. The van der Waals surface area contributed by atoms with Crippen LogP contribution in [0, 0.1) is 5.92 Å². The number of hydrogen-bond donors (Lipinski definition) is 1. The maximum atomic E-state index is 5.93. The highest BCUT2D eigenvalue weighted by Gasteiger charge is 2.29. The largest absolute Gasteiger partial charge is 0.352 e. The first-order valence-electron chi connectivity index (χ1n) is 6.70. The van der Waals surface area contributed by atoms with Crippen molar-refractivity contribution in [2.45, 2.75) is 38.6 Å². The van der Waals surface area contributed by atoms with E-state index in [0.29, 0.717) is 17.1 Å². The summed E-state index contributed by atoms with van der Waals surface area (Å²) in [5.41, 5.74) is 5.91. The van der Waals surface area contributed by atoms with Gasteiger partial charge in [0.25, 0.3) is 0 Å². The lowest BCUT2D eigenvalue weighted by Gasteiger charge is -2.39. The zero-order chi connectivity index (χ0) is 13.0. The Labute approximate surface area is 114 Å². The van der Waals surface area contributed by atoms with E-state index in [1.165, 1.54) is 25.7 Å². The van der Waals surface area contributed by atoms with Gasteiger partial charge in [0.2, 0.25) is 0 Å². The maximum Gasteiger partial charge on any atom is 0.149 e. The Morgan fingerprint density at radius 2 is 2.17 bits per heavy atom. The molecule has 100 valence electrons. The van der Waals surface area contributed by atoms with Gasteiger partial charge in [-0.2, -0.15) is 0 Å². The summed E-state index contributed by atoms with van der Waals surface area (Å²) in [4.78, 5) is 10.8. The van der Waals surface area contributed by atoms with Crippen LogP contribution in [0.25, 0.3) is 0 Å². The molecule has 0 radical (unpaired) electrons. The van der Waals surface area contributed by atoms with Crippen molar-refractivity contribution in [3.8, 4) is 0 Å². The van der Waals surface area contributed by atoms with Gasteiger partial charge in [-0.15, -0.1) is 0 Å². The lowest BCUT2D eigenvalue weighted by atomic mass is 9.83. The van der Waals surface area contributed by atoms with E-state index < -0.39 is 0 Å². The highest BCUT2D eigenvalue weighted by molar-refractivity contribution is 6.29. The van der Waals surface area contributed by atoms with Crippen LogP contribution in [0.1, 0.15) is 32.6 Å². The number of nitrogens with zero attached hydrogens (tertiary/aromatic N) is 3. The van der Waals surface area contributed by atoms with Crippen molar-refractivity contribution >= 4 is 17.4 Å². The Balaban J connectivity index is 2.21. The molecule has 2 N–H and O–H groups in total. The fourth-order valence-electron chi connectivity index (χ4n) is 2.91. The van der Waals surface area contributed by atoms with Crippen LogP contribution >= 0.6 is 11.6 Å². The highest BCUT2D eigenvalue weighted by Crippen LogP contribution is 2.30. The normalized spacial score (nSPS) is 23.9. The number of aromatic nitrogens is 2. The second-order valence-electron chi connectivity index (χ2n) is 4.83. The molecular formula is C13H21ClN4. The van der Waals surface area contributed by atoms with E-state index in [9.17, 15) is 0 Å². The molecule has 0 saturated heterocycles. The maximum absolute atomic E-state index is 5.93. The van der Waals surface area contributed by atoms with E-state index in [-0.39, 0.29) is 0 Å². The summed E-state index contributed by atoms with van der Waals surface area (Å²) in [7, 11) is 0. The summed E-state index contributed by atoms with van der Waals surface area (Å²) in [5.74, 6) is 1.43. The molecule has 0 amide bonds. The standard InChI is InChI=1S/C13H21ClN4/c1-2-18(13-9-16-8-12(14)17-13)11-6-4-3-5-10(11)7-15/h8-11H,2-7,15H2,1H3. The van der Waals surface area contributed by atoms with Crippen LogP contribution in [-0.2, 0) is 0 Å². The Hall–Kier alpha value is -0.870. The molecule has 1 aliphatic rings. The average Bonchev–Trinajstić information content (AvgIpc) is 2.40. The van der Waals surface area contributed by atoms with Crippen molar-refractivity contribution in [3.63, 3.8) is 0 Å². The molecule has 1 saturated carbocycles. The van der Waals surface area contributed by atoms with Crippen molar-refractivity contribution in [3.05, 3.63) is 17.5 Å². The summed E-state index contributed by atoms with van der Waals surface area (Å²) in [6, 6.07) is 0.474. The van der Waals surface area contributed by atoms with E-state index in [1.807, 2.05) is 0 Å². The molecule has 1 aromatic rings. The van der Waals surface area contributed by atoms with Crippen LogP contribution in [0.4, 0.5) is 5.82 Å². The Morgan fingerprint density at radius 3 is 2.83 bits per heavy atom. The number of hydrogen-bond acceptors (Lipinski definition) is 4. The van der Waals surface area contributed by atoms with Gasteiger partial charge in [0.1, 0.15) is 11.0 Å². The monoisotopic (exact) mass is 268 g/mol. The van der Waals surface area contributed by atoms with E-state index in [1.54, 1.807) is 12.4 Å². The molecule has 1 aliphatic carbocycles. The summed E-state index contributed by atoms with van der Waals surface area (Å²) in [5, 5.41) is 0.450. The van der Waals surface area contributed by atoms with Crippen LogP contribution < -0.4 is 10.6 Å². The smallest absolute Gasteiger partial charge is 0.149 e. The summed E-state index contributed by atoms with van der Waals surface area (Å²) in [6.07, 6.45) is 8.32. The van der Waals surface area contributed by atoms with Crippen molar-refractivity contribution < 1.29 is 0 Å². The quantitative estimate of drug-likeness (QED) is 0.912. The van der Waals surface area contributed by atoms with Crippen LogP contribution in [0.3, 0.4) is 0 Å². The average molecular weight is 269 g/mol. The lowest BCUT2D eigenvalue weighted by Crippen LogP contribution is -2.45. The van der Waals surface area contributed by atoms with Crippen LogP contribution in [0.2, 0.25) is 5.15 Å².